The molecule has 0 unspecified atom stereocenters. The molecular weight excluding hydrogens is 132 g/mol. The van der Waals surface area contributed by atoms with E-state index in [1.165, 1.54) is 6.92 Å². The maximum atomic E-state index is 11.9. The van der Waals surface area contributed by atoms with Gasteiger partial charge in [0.2, 0.25) is 0 Å². The minimum atomic E-state index is -3.29. The second-order valence-electron chi connectivity index (χ2n) is 1.49. The summed E-state index contributed by atoms with van der Waals surface area (Å²) in [6.45, 7) is 1.19. The standard InChI is InChI=1S/C4H7F2NO2/c1-2-4(5,6)7-3(8)9/h7H,2H2,1H3,(H,8,9). The molecule has 0 saturated carbocycles. The molecule has 0 aliphatic carbocycles. The van der Waals surface area contributed by atoms with Crippen LogP contribution in [0.15, 0.2) is 0 Å². The lowest BCUT2D eigenvalue weighted by atomic mass is 10.4. The Morgan fingerprint density at radius 1 is 1.78 bits per heavy atom. The number of hydrogen-bond donors (Lipinski definition) is 2. The number of nitrogens with one attached hydrogen (secondary N) is 1. The smallest absolute Gasteiger partial charge is 0.409 e. The first-order valence-electron chi connectivity index (χ1n) is 2.37. The molecule has 0 spiro atoms. The van der Waals surface area contributed by atoms with Crippen LogP contribution < -0.4 is 5.32 Å². The maximum absolute atomic E-state index is 11.9. The first-order chi connectivity index (χ1) is 3.98. The number of hydrogen-bond acceptors (Lipinski definition) is 1. The molecular formula is C4H7F2NO2. The average Bonchev–Trinajstić information content (AvgIpc) is 1.63. The molecule has 54 valence electrons. The van der Waals surface area contributed by atoms with Crippen LogP contribution in [0.2, 0.25) is 0 Å². The van der Waals surface area contributed by atoms with Gasteiger partial charge in [0.05, 0.1) is 0 Å². The number of carboxylic acid groups (broad SMARTS) is 1. The van der Waals surface area contributed by atoms with Crippen molar-refractivity contribution in [2.75, 3.05) is 0 Å². The fourth-order valence-corrected chi connectivity index (χ4v) is 0.245. The molecule has 9 heavy (non-hydrogen) atoms. The summed E-state index contributed by atoms with van der Waals surface area (Å²) in [5.74, 6) is 0. The van der Waals surface area contributed by atoms with Gasteiger partial charge >= 0.3 is 12.1 Å². The highest BCUT2D eigenvalue weighted by atomic mass is 19.3. The molecule has 0 rings (SSSR count). The molecule has 0 aliphatic heterocycles. The van der Waals surface area contributed by atoms with Gasteiger partial charge < -0.3 is 5.11 Å². The Bertz CT molecular complexity index is 115. The second kappa shape index (κ2) is 2.61. The topological polar surface area (TPSA) is 49.3 Å². The maximum Gasteiger partial charge on any atom is 0.409 e. The van der Waals surface area contributed by atoms with Gasteiger partial charge in [-0.3, -0.25) is 5.32 Å². The van der Waals surface area contributed by atoms with Gasteiger partial charge in [0, 0.05) is 6.42 Å². The van der Waals surface area contributed by atoms with Gasteiger partial charge in [-0.1, -0.05) is 6.92 Å². The first kappa shape index (κ1) is 8.13. The van der Waals surface area contributed by atoms with Crippen molar-refractivity contribution >= 4 is 6.09 Å². The van der Waals surface area contributed by atoms with Crippen molar-refractivity contribution in [3.05, 3.63) is 0 Å². The summed E-state index contributed by atoms with van der Waals surface area (Å²) in [5, 5.41) is 8.84. The summed E-state index contributed by atoms with van der Waals surface area (Å²) in [7, 11) is 0. The van der Waals surface area contributed by atoms with Crippen LogP contribution in [-0.4, -0.2) is 17.2 Å². The zero-order chi connectivity index (χ0) is 7.49. The molecule has 0 bridgehead atoms. The Balaban J connectivity index is 3.71. The van der Waals surface area contributed by atoms with E-state index in [0.717, 1.165) is 5.32 Å². The first-order valence-corrected chi connectivity index (χ1v) is 2.37. The van der Waals surface area contributed by atoms with Crippen LogP contribution in [0.5, 0.6) is 0 Å². The Kier molecular flexibility index (Phi) is 2.36. The highest BCUT2D eigenvalue weighted by Crippen LogP contribution is 2.12. The van der Waals surface area contributed by atoms with E-state index in [4.69, 9.17) is 5.11 Å². The molecule has 0 atom stereocenters. The molecule has 0 heterocycles. The number of amides is 1. The van der Waals surface area contributed by atoms with Crippen molar-refractivity contribution in [1.82, 2.24) is 5.32 Å². The van der Waals surface area contributed by atoms with Gasteiger partial charge in [0.1, 0.15) is 0 Å². The molecule has 2 N–H and O–H groups in total. The van der Waals surface area contributed by atoms with Crippen LogP contribution >= 0.6 is 0 Å². The van der Waals surface area contributed by atoms with E-state index in [9.17, 15) is 13.6 Å². The molecule has 0 aromatic carbocycles. The van der Waals surface area contributed by atoms with Gasteiger partial charge in [-0.2, -0.15) is 8.78 Å². The Morgan fingerprint density at radius 3 is 2.33 bits per heavy atom. The largest absolute Gasteiger partial charge is 0.465 e. The normalized spacial score (nSPS) is 11.0. The lowest BCUT2D eigenvalue weighted by molar-refractivity contribution is -0.0313. The third-order valence-corrected chi connectivity index (χ3v) is 0.734. The van der Waals surface area contributed by atoms with Crippen molar-refractivity contribution in [3.8, 4) is 0 Å². The van der Waals surface area contributed by atoms with E-state index in [-0.39, 0.29) is 0 Å². The van der Waals surface area contributed by atoms with E-state index in [0.29, 0.717) is 0 Å². The fourth-order valence-electron chi connectivity index (χ4n) is 0.245. The van der Waals surface area contributed by atoms with Gasteiger partial charge in [-0.05, 0) is 0 Å². The van der Waals surface area contributed by atoms with E-state index >= 15 is 0 Å². The predicted molar refractivity (Wildman–Crippen MR) is 26.4 cm³/mol. The van der Waals surface area contributed by atoms with E-state index < -0.39 is 18.6 Å². The summed E-state index contributed by atoms with van der Waals surface area (Å²) in [6, 6.07) is -3.29. The molecule has 0 aliphatic rings. The fraction of sp³-hybridized carbons (Fsp3) is 0.750. The predicted octanol–water partition coefficient (Wildman–Crippen LogP) is 1.26. The molecule has 3 nitrogen and oxygen atoms in total. The zero-order valence-corrected chi connectivity index (χ0v) is 4.82. The molecule has 0 aromatic heterocycles. The molecule has 0 radical (unpaired) electrons. The number of carbonyl (C=O) groups is 1. The van der Waals surface area contributed by atoms with Gasteiger partial charge in [-0.25, -0.2) is 4.79 Å². The van der Waals surface area contributed by atoms with Gasteiger partial charge in [0.25, 0.3) is 0 Å². The summed E-state index contributed by atoms with van der Waals surface area (Å²) in [6.07, 6.45) is -2.24. The van der Waals surface area contributed by atoms with Crippen LogP contribution in [0, 0.1) is 0 Å². The van der Waals surface area contributed by atoms with Crippen LogP contribution in [-0.2, 0) is 0 Å². The summed E-state index contributed by atoms with van der Waals surface area (Å²) >= 11 is 0. The van der Waals surface area contributed by atoms with Crippen LogP contribution in [0.25, 0.3) is 0 Å². The molecule has 0 saturated heterocycles. The SMILES string of the molecule is CCC(F)(F)NC(=O)O. The zero-order valence-electron chi connectivity index (χ0n) is 4.82. The third-order valence-electron chi connectivity index (χ3n) is 0.734. The lowest BCUT2D eigenvalue weighted by Crippen LogP contribution is -2.39. The van der Waals surface area contributed by atoms with E-state index in [2.05, 4.69) is 0 Å². The number of alkyl halides is 2. The highest BCUT2D eigenvalue weighted by molar-refractivity contribution is 5.64. The van der Waals surface area contributed by atoms with Crippen LogP contribution in [0.3, 0.4) is 0 Å². The van der Waals surface area contributed by atoms with E-state index in [1.807, 2.05) is 0 Å². The average molecular weight is 139 g/mol. The Morgan fingerprint density at radius 2 is 2.22 bits per heavy atom. The van der Waals surface area contributed by atoms with E-state index in [1.54, 1.807) is 0 Å². The minimum Gasteiger partial charge on any atom is -0.465 e. The lowest BCUT2D eigenvalue weighted by Gasteiger charge is -2.11. The highest BCUT2D eigenvalue weighted by Gasteiger charge is 2.27. The van der Waals surface area contributed by atoms with Gasteiger partial charge in [0.15, 0.2) is 0 Å². The number of rotatable bonds is 2. The van der Waals surface area contributed by atoms with Crippen LogP contribution in [0.4, 0.5) is 13.6 Å². The van der Waals surface area contributed by atoms with Crippen molar-refractivity contribution in [3.63, 3.8) is 0 Å². The molecule has 1 amide bonds. The quantitative estimate of drug-likeness (QED) is 0.565. The Labute approximate surface area is 50.7 Å². The second-order valence-corrected chi connectivity index (χ2v) is 1.49. The van der Waals surface area contributed by atoms with Crippen molar-refractivity contribution in [2.24, 2.45) is 0 Å². The molecule has 5 heteroatoms. The summed E-state index contributed by atoms with van der Waals surface area (Å²) < 4.78 is 23.8. The third kappa shape index (κ3) is 3.69. The Hall–Kier alpha value is -0.870. The molecule has 0 fully saturated rings. The molecule has 0 aromatic rings. The van der Waals surface area contributed by atoms with Crippen molar-refractivity contribution < 1.29 is 18.7 Å². The van der Waals surface area contributed by atoms with Gasteiger partial charge in [-0.15, -0.1) is 0 Å². The summed E-state index contributed by atoms with van der Waals surface area (Å²) in [5.41, 5.74) is 0. The monoisotopic (exact) mass is 139 g/mol. The minimum absolute atomic E-state index is 0.528. The summed E-state index contributed by atoms with van der Waals surface area (Å²) in [4.78, 5) is 9.58. The van der Waals surface area contributed by atoms with Crippen molar-refractivity contribution in [2.45, 2.75) is 19.4 Å². The van der Waals surface area contributed by atoms with Crippen LogP contribution in [0.1, 0.15) is 13.3 Å². The number of halogens is 2. The van der Waals surface area contributed by atoms with Crippen molar-refractivity contribution in [1.29, 1.82) is 0 Å².